The molecule has 1 aliphatic heterocycles. The molecule has 1 aliphatic rings. The number of carbonyl (C=O) groups excluding carboxylic acids is 1. The summed E-state index contributed by atoms with van der Waals surface area (Å²) in [5.74, 6) is 0.977. The zero-order valence-corrected chi connectivity index (χ0v) is 16.5. The number of amides is 1. The molecule has 0 bridgehead atoms. The van der Waals surface area contributed by atoms with E-state index in [4.69, 9.17) is 4.98 Å². The molecule has 0 aliphatic carbocycles. The molecule has 0 spiro atoms. The van der Waals surface area contributed by atoms with Crippen molar-refractivity contribution in [2.75, 3.05) is 13.1 Å². The van der Waals surface area contributed by atoms with Crippen LogP contribution in [0.25, 0.3) is 11.1 Å². The molecule has 28 heavy (non-hydrogen) atoms. The van der Waals surface area contributed by atoms with Gasteiger partial charge in [0.2, 0.25) is 0 Å². The lowest BCUT2D eigenvalue weighted by molar-refractivity contribution is 0.0705. The number of nitrogens with zero attached hydrogens (tertiary/aromatic N) is 6. The minimum absolute atomic E-state index is 0.0477. The smallest absolute Gasteiger partial charge is 0.257 e. The minimum Gasteiger partial charge on any atom is -0.338 e. The van der Waals surface area contributed by atoms with Gasteiger partial charge in [-0.3, -0.25) is 14.5 Å². The fourth-order valence-electron chi connectivity index (χ4n) is 3.92. The number of carbonyl (C=O) groups is 1. The molecule has 4 heterocycles. The van der Waals surface area contributed by atoms with E-state index in [1.54, 1.807) is 23.3 Å². The largest absolute Gasteiger partial charge is 0.338 e. The highest BCUT2D eigenvalue weighted by Gasteiger charge is 2.29. The second kappa shape index (κ2) is 7.50. The van der Waals surface area contributed by atoms with Crippen LogP contribution in [0.4, 0.5) is 0 Å². The number of likely N-dealkylation sites (tertiary alicyclic amines) is 1. The van der Waals surface area contributed by atoms with E-state index in [0.717, 1.165) is 47.7 Å². The van der Waals surface area contributed by atoms with Gasteiger partial charge < -0.3 is 4.90 Å². The molecule has 1 atom stereocenters. The fourth-order valence-corrected chi connectivity index (χ4v) is 3.92. The van der Waals surface area contributed by atoms with Gasteiger partial charge >= 0.3 is 0 Å². The Kier molecular flexibility index (Phi) is 4.90. The molecule has 0 N–H and O–H groups in total. The molecule has 4 rings (SSSR count). The van der Waals surface area contributed by atoms with Crippen LogP contribution in [0, 0.1) is 13.8 Å². The summed E-state index contributed by atoms with van der Waals surface area (Å²) >= 11 is 0. The summed E-state index contributed by atoms with van der Waals surface area (Å²) in [7, 11) is 1.84. The van der Waals surface area contributed by atoms with Crippen molar-refractivity contribution < 1.29 is 4.79 Å². The Morgan fingerprint density at radius 2 is 2.00 bits per heavy atom. The summed E-state index contributed by atoms with van der Waals surface area (Å²) in [5, 5.41) is 4.31. The number of pyridine rings is 1. The molecular formula is C21H24N6O. The van der Waals surface area contributed by atoms with E-state index < -0.39 is 0 Å². The van der Waals surface area contributed by atoms with E-state index in [1.165, 1.54) is 0 Å². The van der Waals surface area contributed by atoms with Gasteiger partial charge in [-0.2, -0.15) is 5.10 Å². The molecule has 7 heteroatoms. The van der Waals surface area contributed by atoms with Gasteiger partial charge in [0.25, 0.3) is 5.91 Å². The molecule has 0 unspecified atom stereocenters. The summed E-state index contributed by atoms with van der Waals surface area (Å²) < 4.78 is 1.69. The highest BCUT2D eigenvalue weighted by molar-refractivity contribution is 5.95. The van der Waals surface area contributed by atoms with Crippen LogP contribution in [0.2, 0.25) is 0 Å². The summed E-state index contributed by atoms with van der Waals surface area (Å²) in [6, 6.07) is 3.95. The SMILES string of the molecule is Cc1ncc(-c2ccncc2)c([C@@H]2CCCN(C(=O)c3cn(C)nc3C)C2)n1. The van der Waals surface area contributed by atoms with Crippen LogP contribution in [-0.4, -0.2) is 48.6 Å². The van der Waals surface area contributed by atoms with Crippen molar-refractivity contribution in [2.45, 2.75) is 32.6 Å². The van der Waals surface area contributed by atoms with E-state index in [9.17, 15) is 4.79 Å². The predicted molar refractivity (Wildman–Crippen MR) is 106 cm³/mol. The molecular weight excluding hydrogens is 352 g/mol. The molecule has 144 valence electrons. The van der Waals surface area contributed by atoms with Gasteiger partial charge in [0.05, 0.1) is 17.0 Å². The van der Waals surface area contributed by atoms with Gasteiger partial charge in [0.1, 0.15) is 5.82 Å². The first-order valence-electron chi connectivity index (χ1n) is 9.56. The van der Waals surface area contributed by atoms with Crippen molar-refractivity contribution in [2.24, 2.45) is 7.05 Å². The van der Waals surface area contributed by atoms with Crippen LogP contribution >= 0.6 is 0 Å². The van der Waals surface area contributed by atoms with Gasteiger partial charge in [-0.05, 0) is 44.4 Å². The van der Waals surface area contributed by atoms with E-state index in [-0.39, 0.29) is 11.8 Å². The maximum Gasteiger partial charge on any atom is 0.257 e. The molecule has 7 nitrogen and oxygen atoms in total. The average molecular weight is 376 g/mol. The lowest BCUT2D eigenvalue weighted by Crippen LogP contribution is -2.39. The highest BCUT2D eigenvalue weighted by Crippen LogP contribution is 2.33. The summed E-state index contributed by atoms with van der Waals surface area (Å²) in [5.41, 5.74) is 4.53. The van der Waals surface area contributed by atoms with Gasteiger partial charge in [-0.1, -0.05) is 0 Å². The Bertz CT molecular complexity index is 997. The molecule has 0 radical (unpaired) electrons. The summed E-state index contributed by atoms with van der Waals surface area (Å²) in [6.07, 6.45) is 9.21. The van der Waals surface area contributed by atoms with Crippen molar-refractivity contribution in [1.82, 2.24) is 29.6 Å². The van der Waals surface area contributed by atoms with Crippen molar-refractivity contribution in [3.05, 3.63) is 59.7 Å². The van der Waals surface area contributed by atoms with Gasteiger partial charge in [-0.15, -0.1) is 0 Å². The number of aryl methyl sites for hydroxylation is 3. The molecule has 1 amide bonds. The number of hydrogen-bond donors (Lipinski definition) is 0. The Balaban J connectivity index is 1.64. The van der Waals surface area contributed by atoms with Gasteiger partial charge in [0, 0.05) is 56.4 Å². The maximum atomic E-state index is 13.1. The Labute approximate surface area is 164 Å². The van der Waals surface area contributed by atoms with Crippen molar-refractivity contribution in [3.63, 3.8) is 0 Å². The van der Waals surface area contributed by atoms with Gasteiger partial charge in [0.15, 0.2) is 0 Å². The van der Waals surface area contributed by atoms with Gasteiger partial charge in [-0.25, -0.2) is 9.97 Å². The number of piperidine rings is 1. The monoisotopic (exact) mass is 376 g/mol. The number of rotatable bonds is 3. The van der Waals surface area contributed by atoms with Crippen LogP contribution in [0.15, 0.2) is 36.9 Å². The van der Waals surface area contributed by atoms with Crippen LogP contribution in [0.3, 0.4) is 0 Å². The first-order valence-corrected chi connectivity index (χ1v) is 9.56. The van der Waals surface area contributed by atoms with E-state index >= 15 is 0 Å². The average Bonchev–Trinajstić information content (AvgIpc) is 3.06. The van der Waals surface area contributed by atoms with Crippen LogP contribution < -0.4 is 0 Å². The Morgan fingerprint density at radius 1 is 1.21 bits per heavy atom. The first kappa shape index (κ1) is 18.3. The third-order valence-electron chi connectivity index (χ3n) is 5.27. The molecule has 0 aromatic carbocycles. The Morgan fingerprint density at radius 3 is 2.71 bits per heavy atom. The van der Waals surface area contributed by atoms with Crippen LogP contribution in [0.5, 0.6) is 0 Å². The molecule has 1 saturated heterocycles. The summed E-state index contributed by atoms with van der Waals surface area (Å²) in [4.78, 5) is 28.3. The van der Waals surface area contributed by atoms with Crippen molar-refractivity contribution >= 4 is 5.91 Å². The van der Waals surface area contributed by atoms with E-state index in [0.29, 0.717) is 12.1 Å². The van der Waals surface area contributed by atoms with E-state index in [2.05, 4.69) is 15.1 Å². The second-order valence-corrected chi connectivity index (χ2v) is 7.34. The lowest BCUT2D eigenvalue weighted by atomic mass is 9.90. The Hall–Kier alpha value is -3.09. The van der Waals surface area contributed by atoms with Crippen LogP contribution in [-0.2, 0) is 7.05 Å². The number of hydrogen-bond acceptors (Lipinski definition) is 5. The third kappa shape index (κ3) is 3.52. The number of aromatic nitrogens is 5. The third-order valence-corrected chi connectivity index (χ3v) is 5.27. The zero-order chi connectivity index (χ0) is 19.7. The standard InChI is InChI=1S/C21H24N6O/c1-14-19(13-26(3)25-14)21(28)27-10-4-5-17(12-27)20-18(11-23-15(2)24-20)16-6-8-22-9-7-16/h6-9,11,13,17H,4-5,10,12H2,1-3H3/t17-/m1/s1. The normalized spacial score (nSPS) is 17.0. The molecule has 3 aromatic heterocycles. The topological polar surface area (TPSA) is 76.8 Å². The first-order chi connectivity index (χ1) is 13.5. The highest BCUT2D eigenvalue weighted by atomic mass is 16.2. The molecule has 0 saturated carbocycles. The quantitative estimate of drug-likeness (QED) is 0.702. The second-order valence-electron chi connectivity index (χ2n) is 7.34. The van der Waals surface area contributed by atoms with Crippen molar-refractivity contribution in [1.29, 1.82) is 0 Å². The zero-order valence-electron chi connectivity index (χ0n) is 16.5. The predicted octanol–water partition coefficient (Wildman–Crippen LogP) is 2.91. The van der Waals surface area contributed by atoms with Crippen LogP contribution in [0.1, 0.15) is 46.3 Å². The van der Waals surface area contributed by atoms with Crippen molar-refractivity contribution in [3.8, 4) is 11.1 Å². The fraction of sp³-hybridized carbons (Fsp3) is 0.381. The lowest BCUT2D eigenvalue weighted by Gasteiger charge is -2.33. The maximum absolute atomic E-state index is 13.1. The molecule has 1 fully saturated rings. The van der Waals surface area contributed by atoms with E-state index in [1.807, 2.05) is 44.1 Å². The molecule has 3 aromatic rings. The minimum atomic E-state index is 0.0477. The summed E-state index contributed by atoms with van der Waals surface area (Å²) in [6.45, 7) is 5.20.